The first-order valence-electron chi connectivity index (χ1n) is 2.68. The first-order chi connectivity index (χ1) is 4.86. The largest absolute Gasteiger partial charge is 0.494 e. The van der Waals surface area contributed by atoms with Gasteiger partial charge in [0.05, 0.1) is 12.7 Å². The first-order valence-corrected chi connectivity index (χ1v) is 2.68. The lowest BCUT2D eigenvalue weighted by Crippen LogP contribution is -1.85. The Morgan fingerprint density at radius 1 is 1.80 bits per heavy atom. The Hall–Kier alpha value is -1.56. The fourth-order valence-corrected chi connectivity index (χ4v) is 0.542. The fraction of sp³-hybridized carbons (Fsp3) is 0.143. The van der Waals surface area contributed by atoms with Crippen LogP contribution in [0.4, 0.5) is 0 Å². The SMILES string of the molecule is COc1[c]ncc(C#N)c1. The third-order valence-electron chi connectivity index (χ3n) is 1.01. The van der Waals surface area contributed by atoms with Gasteiger partial charge in [0.1, 0.15) is 18.0 Å². The summed E-state index contributed by atoms with van der Waals surface area (Å²) in [6.45, 7) is 0. The van der Waals surface area contributed by atoms with Crippen molar-refractivity contribution in [2.24, 2.45) is 0 Å². The number of hydrogen-bond donors (Lipinski definition) is 0. The molecule has 0 unspecified atom stereocenters. The molecular formula is C7H5N2O. The van der Waals surface area contributed by atoms with Crippen LogP contribution in [0.1, 0.15) is 5.56 Å². The molecule has 0 saturated heterocycles. The summed E-state index contributed by atoms with van der Waals surface area (Å²) in [6.07, 6.45) is 4.00. The quantitative estimate of drug-likeness (QED) is 0.568. The summed E-state index contributed by atoms with van der Waals surface area (Å²) in [7, 11) is 1.51. The highest BCUT2D eigenvalue weighted by Gasteiger charge is 1.93. The Kier molecular flexibility index (Phi) is 1.86. The van der Waals surface area contributed by atoms with E-state index >= 15 is 0 Å². The number of nitriles is 1. The van der Waals surface area contributed by atoms with Crippen LogP contribution >= 0.6 is 0 Å². The van der Waals surface area contributed by atoms with Gasteiger partial charge in [-0.25, -0.2) is 4.98 Å². The summed E-state index contributed by atoms with van der Waals surface area (Å²) < 4.78 is 4.79. The predicted octanol–water partition coefficient (Wildman–Crippen LogP) is 0.762. The van der Waals surface area contributed by atoms with Crippen LogP contribution in [0.3, 0.4) is 0 Å². The molecule has 0 atom stereocenters. The molecule has 0 fully saturated rings. The van der Waals surface area contributed by atoms with E-state index in [1.165, 1.54) is 13.3 Å². The van der Waals surface area contributed by atoms with E-state index in [1.807, 2.05) is 6.07 Å². The molecule has 0 aliphatic rings. The van der Waals surface area contributed by atoms with Crippen molar-refractivity contribution in [2.75, 3.05) is 7.11 Å². The Morgan fingerprint density at radius 2 is 2.60 bits per heavy atom. The van der Waals surface area contributed by atoms with E-state index in [-0.39, 0.29) is 0 Å². The van der Waals surface area contributed by atoms with Crippen LogP contribution in [0, 0.1) is 17.5 Å². The molecule has 0 bridgehead atoms. The lowest BCUT2D eigenvalue weighted by atomic mass is 10.3. The van der Waals surface area contributed by atoms with Crippen molar-refractivity contribution in [1.29, 1.82) is 5.26 Å². The topological polar surface area (TPSA) is 45.9 Å². The second-order valence-electron chi connectivity index (χ2n) is 1.65. The van der Waals surface area contributed by atoms with E-state index in [0.717, 1.165) is 0 Å². The highest BCUT2D eigenvalue weighted by Crippen LogP contribution is 2.07. The van der Waals surface area contributed by atoms with E-state index in [0.29, 0.717) is 11.3 Å². The highest BCUT2D eigenvalue weighted by molar-refractivity contribution is 5.31. The second-order valence-corrected chi connectivity index (χ2v) is 1.65. The Labute approximate surface area is 58.9 Å². The van der Waals surface area contributed by atoms with Gasteiger partial charge in [-0.2, -0.15) is 5.26 Å². The smallest absolute Gasteiger partial charge is 0.148 e. The summed E-state index contributed by atoms with van der Waals surface area (Å²) in [5.41, 5.74) is 0.482. The minimum Gasteiger partial charge on any atom is -0.494 e. The van der Waals surface area contributed by atoms with Crippen LogP contribution in [-0.2, 0) is 0 Å². The summed E-state index contributed by atoms with van der Waals surface area (Å²) in [5, 5.41) is 8.40. The molecule has 1 rings (SSSR count). The van der Waals surface area contributed by atoms with E-state index < -0.39 is 0 Å². The molecule has 1 heterocycles. The van der Waals surface area contributed by atoms with Crippen molar-refractivity contribution in [2.45, 2.75) is 0 Å². The van der Waals surface area contributed by atoms with Gasteiger partial charge in [-0.1, -0.05) is 0 Å². The van der Waals surface area contributed by atoms with Crippen molar-refractivity contribution in [3.63, 3.8) is 0 Å². The van der Waals surface area contributed by atoms with Crippen LogP contribution in [-0.4, -0.2) is 12.1 Å². The Morgan fingerprint density at radius 3 is 3.20 bits per heavy atom. The predicted molar refractivity (Wildman–Crippen MR) is 34.3 cm³/mol. The van der Waals surface area contributed by atoms with Gasteiger partial charge in [0.15, 0.2) is 0 Å². The summed E-state index contributed by atoms with van der Waals surface area (Å²) >= 11 is 0. The molecule has 0 aromatic carbocycles. The van der Waals surface area contributed by atoms with Gasteiger partial charge in [0.2, 0.25) is 0 Å². The van der Waals surface area contributed by atoms with Crippen LogP contribution < -0.4 is 4.74 Å². The van der Waals surface area contributed by atoms with Gasteiger partial charge in [-0.05, 0) is 0 Å². The van der Waals surface area contributed by atoms with Crippen LogP contribution in [0.2, 0.25) is 0 Å². The Balaban J connectivity index is 3.01. The minimum atomic E-state index is 0.482. The maximum atomic E-state index is 8.40. The molecule has 0 aliphatic carbocycles. The maximum Gasteiger partial charge on any atom is 0.148 e. The molecule has 3 heteroatoms. The van der Waals surface area contributed by atoms with Crippen LogP contribution in [0.5, 0.6) is 5.75 Å². The van der Waals surface area contributed by atoms with E-state index in [4.69, 9.17) is 10.00 Å². The molecule has 1 radical (unpaired) electrons. The van der Waals surface area contributed by atoms with Crippen molar-refractivity contribution in [3.8, 4) is 11.8 Å². The number of hydrogen-bond acceptors (Lipinski definition) is 3. The number of nitrogens with zero attached hydrogens (tertiary/aromatic N) is 2. The Bertz CT molecular complexity index is 265. The number of methoxy groups -OCH3 is 1. The summed E-state index contributed by atoms with van der Waals surface area (Å²) in [6, 6.07) is 3.52. The molecule has 0 N–H and O–H groups in total. The van der Waals surface area contributed by atoms with E-state index in [1.54, 1.807) is 6.07 Å². The molecular weight excluding hydrogens is 128 g/mol. The highest BCUT2D eigenvalue weighted by atomic mass is 16.5. The molecule has 3 nitrogen and oxygen atoms in total. The maximum absolute atomic E-state index is 8.40. The molecule has 0 aliphatic heterocycles. The summed E-state index contributed by atoms with van der Waals surface area (Å²) in [5.74, 6) is 0.485. The molecule has 1 aromatic heterocycles. The monoisotopic (exact) mass is 133 g/mol. The van der Waals surface area contributed by atoms with Gasteiger partial charge in [-0.15, -0.1) is 0 Å². The van der Waals surface area contributed by atoms with Crippen molar-refractivity contribution < 1.29 is 4.74 Å². The zero-order chi connectivity index (χ0) is 7.40. The van der Waals surface area contributed by atoms with Gasteiger partial charge < -0.3 is 4.74 Å². The summed E-state index contributed by atoms with van der Waals surface area (Å²) in [4.78, 5) is 3.65. The van der Waals surface area contributed by atoms with Crippen molar-refractivity contribution >= 4 is 0 Å². The normalized spacial score (nSPS) is 8.40. The fourth-order valence-electron chi connectivity index (χ4n) is 0.542. The van der Waals surface area contributed by atoms with Gasteiger partial charge in [0, 0.05) is 12.3 Å². The molecule has 0 saturated carbocycles. The standard InChI is InChI=1S/C7H5N2O/c1-10-7-2-6(3-8)4-9-5-7/h2,4H,1H3. The zero-order valence-corrected chi connectivity index (χ0v) is 5.46. The second kappa shape index (κ2) is 2.83. The average Bonchev–Trinajstić information content (AvgIpc) is 2.05. The molecule has 10 heavy (non-hydrogen) atoms. The number of rotatable bonds is 1. The molecule has 0 amide bonds. The molecule has 1 aromatic rings. The third kappa shape index (κ3) is 1.23. The lowest BCUT2D eigenvalue weighted by molar-refractivity contribution is 0.411. The lowest BCUT2D eigenvalue weighted by Gasteiger charge is -1.94. The van der Waals surface area contributed by atoms with Gasteiger partial charge in [0.25, 0.3) is 0 Å². The number of pyridine rings is 1. The van der Waals surface area contributed by atoms with Gasteiger partial charge >= 0.3 is 0 Å². The number of ether oxygens (including phenoxy) is 1. The molecule has 49 valence electrons. The van der Waals surface area contributed by atoms with Gasteiger partial charge in [-0.3, -0.25) is 0 Å². The van der Waals surface area contributed by atoms with Crippen molar-refractivity contribution in [1.82, 2.24) is 4.98 Å². The van der Waals surface area contributed by atoms with Crippen molar-refractivity contribution in [3.05, 3.63) is 24.0 Å². The first kappa shape index (κ1) is 6.56. The average molecular weight is 133 g/mol. The zero-order valence-electron chi connectivity index (χ0n) is 5.46. The third-order valence-corrected chi connectivity index (χ3v) is 1.01. The van der Waals surface area contributed by atoms with E-state index in [2.05, 4.69) is 11.2 Å². The minimum absolute atomic E-state index is 0.482. The number of aromatic nitrogens is 1. The molecule has 0 spiro atoms. The van der Waals surface area contributed by atoms with E-state index in [9.17, 15) is 0 Å². The van der Waals surface area contributed by atoms with Crippen LogP contribution in [0.25, 0.3) is 0 Å². The van der Waals surface area contributed by atoms with Crippen LogP contribution in [0.15, 0.2) is 12.3 Å².